The maximum Gasteiger partial charge on any atom is 0.125 e. The van der Waals surface area contributed by atoms with E-state index in [4.69, 9.17) is 5.73 Å². The van der Waals surface area contributed by atoms with Crippen LogP contribution in [0.3, 0.4) is 0 Å². The molecule has 1 aromatic rings. The molecule has 0 aliphatic rings. The van der Waals surface area contributed by atoms with Crippen LogP contribution < -0.4 is 10.6 Å². The molecule has 5 heteroatoms. The first kappa shape index (κ1) is 13.4. The molecule has 4 nitrogen and oxygen atoms in total. The Hall–Kier alpha value is -0.680. The minimum Gasteiger partial charge on any atom is -0.360 e. The lowest BCUT2D eigenvalue weighted by Gasteiger charge is -2.16. The number of rotatable bonds is 7. The number of aromatic nitrogens is 2. The number of thioether (sulfide) groups is 1. The van der Waals surface area contributed by atoms with Crippen LogP contribution >= 0.6 is 11.8 Å². The van der Waals surface area contributed by atoms with Crippen molar-refractivity contribution >= 4 is 17.6 Å². The standard InChI is InChI=1S/C11H22N4S/c1-4-5-6-15(2)10-8-13-11(14-10)9(7-12)16-3/h8-9H,4-7,12H2,1-3H3,(H,13,14). The van der Waals surface area contributed by atoms with Gasteiger partial charge in [0.2, 0.25) is 0 Å². The van der Waals surface area contributed by atoms with Crippen molar-refractivity contribution in [3.63, 3.8) is 0 Å². The van der Waals surface area contributed by atoms with E-state index in [1.54, 1.807) is 11.8 Å². The van der Waals surface area contributed by atoms with Crippen LogP contribution in [0.2, 0.25) is 0 Å². The number of aromatic amines is 1. The highest BCUT2D eigenvalue weighted by Gasteiger charge is 2.13. The average molecular weight is 242 g/mol. The average Bonchev–Trinajstić information content (AvgIpc) is 2.77. The lowest BCUT2D eigenvalue weighted by molar-refractivity contribution is 0.759. The van der Waals surface area contributed by atoms with Gasteiger partial charge in [-0.15, -0.1) is 0 Å². The second-order valence-corrected chi connectivity index (χ2v) is 4.93. The molecule has 0 radical (unpaired) electrons. The van der Waals surface area contributed by atoms with E-state index in [0.717, 1.165) is 18.2 Å². The van der Waals surface area contributed by atoms with Crippen molar-refractivity contribution < 1.29 is 0 Å². The predicted octanol–water partition coefficient (Wildman–Crippen LogP) is 2.01. The zero-order chi connectivity index (χ0) is 12.0. The molecule has 16 heavy (non-hydrogen) atoms. The number of nitrogens with two attached hydrogens (primary N) is 1. The Morgan fingerprint density at radius 2 is 2.38 bits per heavy atom. The van der Waals surface area contributed by atoms with Crippen molar-refractivity contribution in [1.82, 2.24) is 9.97 Å². The maximum absolute atomic E-state index is 5.69. The Labute approximate surface area is 102 Å². The SMILES string of the molecule is CCCCN(C)c1cnc(C(CN)SC)[nH]1. The molecule has 0 spiro atoms. The molecule has 0 amide bonds. The quantitative estimate of drug-likeness (QED) is 0.768. The zero-order valence-electron chi connectivity index (χ0n) is 10.4. The van der Waals surface area contributed by atoms with Crippen LogP contribution in [0.25, 0.3) is 0 Å². The second-order valence-electron chi connectivity index (χ2n) is 3.89. The number of anilines is 1. The Balaban J connectivity index is 2.62. The van der Waals surface area contributed by atoms with Crippen molar-refractivity contribution in [2.24, 2.45) is 5.73 Å². The molecule has 0 aliphatic carbocycles. The molecule has 0 aliphatic heterocycles. The first-order chi connectivity index (χ1) is 7.72. The van der Waals surface area contributed by atoms with E-state index in [1.807, 2.05) is 6.20 Å². The molecule has 0 saturated heterocycles. The first-order valence-corrected chi connectivity index (χ1v) is 7.00. The van der Waals surface area contributed by atoms with Gasteiger partial charge in [0.15, 0.2) is 0 Å². The Bertz CT molecular complexity index is 296. The summed E-state index contributed by atoms with van der Waals surface area (Å²) in [5, 5.41) is 0.272. The van der Waals surface area contributed by atoms with Crippen molar-refractivity contribution in [2.45, 2.75) is 25.0 Å². The first-order valence-electron chi connectivity index (χ1n) is 5.71. The Morgan fingerprint density at radius 1 is 1.62 bits per heavy atom. The van der Waals surface area contributed by atoms with Gasteiger partial charge in [0.25, 0.3) is 0 Å². The molecular formula is C11H22N4S. The summed E-state index contributed by atoms with van der Waals surface area (Å²) in [7, 11) is 2.09. The number of hydrogen-bond donors (Lipinski definition) is 2. The van der Waals surface area contributed by atoms with E-state index in [0.29, 0.717) is 6.54 Å². The number of nitrogens with one attached hydrogen (secondary N) is 1. The minimum atomic E-state index is 0.272. The Morgan fingerprint density at radius 3 is 2.94 bits per heavy atom. The zero-order valence-corrected chi connectivity index (χ0v) is 11.2. The third-order valence-electron chi connectivity index (χ3n) is 2.64. The highest BCUT2D eigenvalue weighted by atomic mass is 32.2. The monoisotopic (exact) mass is 242 g/mol. The van der Waals surface area contributed by atoms with Crippen molar-refractivity contribution in [3.05, 3.63) is 12.0 Å². The Kier molecular flexibility index (Phi) is 5.69. The lowest BCUT2D eigenvalue weighted by atomic mass is 10.3. The predicted molar refractivity (Wildman–Crippen MR) is 72.1 cm³/mol. The van der Waals surface area contributed by atoms with Gasteiger partial charge >= 0.3 is 0 Å². The summed E-state index contributed by atoms with van der Waals surface area (Å²) in [6.45, 7) is 3.88. The van der Waals surface area contributed by atoms with Crippen LogP contribution in [0.5, 0.6) is 0 Å². The molecule has 1 rings (SSSR count). The molecule has 1 heterocycles. The van der Waals surface area contributed by atoms with Crippen molar-refractivity contribution in [1.29, 1.82) is 0 Å². The second kappa shape index (κ2) is 6.81. The van der Waals surface area contributed by atoms with E-state index < -0.39 is 0 Å². The molecule has 1 aromatic heterocycles. The van der Waals surface area contributed by atoms with Gasteiger partial charge in [0.1, 0.15) is 11.6 Å². The summed E-state index contributed by atoms with van der Waals surface area (Å²) in [5.41, 5.74) is 5.69. The smallest absolute Gasteiger partial charge is 0.125 e. The van der Waals surface area contributed by atoms with Crippen molar-refractivity contribution in [3.8, 4) is 0 Å². The summed E-state index contributed by atoms with van der Waals surface area (Å²) < 4.78 is 0. The highest BCUT2D eigenvalue weighted by molar-refractivity contribution is 7.98. The van der Waals surface area contributed by atoms with Crippen LogP contribution in [0.15, 0.2) is 6.20 Å². The van der Waals surface area contributed by atoms with Gasteiger partial charge < -0.3 is 15.6 Å². The summed E-state index contributed by atoms with van der Waals surface area (Å²) >= 11 is 1.73. The molecule has 1 unspecified atom stereocenters. The third-order valence-corrected chi connectivity index (χ3v) is 3.63. The van der Waals surface area contributed by atoms with Crippen LogP contribution in [-0.2, 0) is 0 Å². The number of nitrogens with zero attached hydrogens (tertiary/aromatic N) is 2. The largest absolute Gasteiger partial charge is 0.360 e. The fraction of sp³-hybridized carbons (Fsp3) is 0.727. The van der Waals surface area contributed by atoms with Gasteiger partial charge in [-0.25, -0.2) is 4.98 Å². The van der Waals surface area contributed by atoms with E-state index in [2.05, 4.69) is 35.1 Å². The summed E-state index contributed by atoms with van der Waals surface area (Å²) in [4.78, 5) is 9.93. The van der Waals surface area contributed by atoms with Crippen LogP contribution in [0.1, 0.15) is 30.8 Å². The van der Waals surface area contributed by atoms with Crippen LogP contribution in [0.4, 0.5) is 5.82 Å². The van der Waals surface area contributed by atoms with E-state index in [1.165, 1.54) is 12.8 Å². The number of unbranched alkanes of at least 4 members (excludes halogenated alkanes) is 1. The molecule has 0 fully saturated rings. The van der Waals surface area contributed by atoms with Crippen LogP contribution in [-0.4, -0.2) is 36.4 Å². The number of imidazole rings is 1. The molecule has 0 saturated carbocycles. The van der Waals surface area contributed by atoms with Gasteiger partial charge in [0.05, 0.1) is 11.4 Å². The molecule has 0 bridgehead atoms. The topological polar surface area (TPSA) is 57.9 Å². The van der Waals surface area contributed by atoms with E-state index >= 15 is 0 Å². The molecule has 0 aromatic carbocycles. The van der Waals surface area contributed by atoms with E-state index in [9.17, 15) is 0 Å². The van der Waals surface area contributed by atoms with Gasteiger partial charge in [-0.3, -0.25) is 0 Å². The number of H-pyrrole nitrogens is 1. The summed E-state index contributed by atoms with van der Waals surface area (Å²) in [6, 6.07) is 0. The van der Waals surface area contributed by atoms with Gasteiger partial charge in [-0.2, -0.15) is 11.8 Å². The molecule has 92 valence electrons. The van der Waals surface area contributed by atoms with Crippen LogP contribution in [0, 0.1) is 0 Å². The van der Waals surface area contributed by atoms with Gasteiger partial charge in [-0.05, 0) is 12.7 Å². The molecule has 1 atom stereocenters. The van der Waals surface area contributed by atoms with Gasteiger partial charge in [-0.1, -0.05) is 13.3 Å². The van der Waals surface area contributed by atoms with Crippen molar-refractivity contribution in [2.75, 3.05) is 31.3 Å². The fourth-order valence-corrected chi connectivity index (χ4v) is 2.05. The summed E-state index contributed by atoms with van der Waals surface area (Å²) in [6.07, 6.45) is 6.36. The third kappa shape index (κ3) is 3.42. The minimum absolute atomic E-state index is 0.272. The maximum atomic E-state index is 5.69. The molecule has 3 N–H and O–H groups in total. The lowest BCUT2D eigenvalue weighted by Crippen LogP contribution is -2.18. The number of hydrogen-bond acceptors (Lipinski definition) is 4. The highest BCUT2D eigenvalue weighted by Crippen LogP contribution is 2.24. The van der Waals surface area contributed by atoms with Gasteiger partial charge in [0, 0.05) is 20.1 Å². The normalized spacial score (nSPS) is 12.8. The van der Waals surface area contributed by atoms with E-state index in [-0.39, 0.29) is 5.25 Å². The molecular weight excluding hydrogens is 220 g/mol. The summed E-state index contributed by atoms with van der Waals surface area (Å²) in [5.74, 6) is 2.06. The fourth-order valence-electron chi connectivity index (χ4n) is 1.52.